The van der Waals surface area contributed by atoms with Gasteiger partial charge in [0.05, 0.1) is 5.69 Å². The van der Waals surface area contributed by atoms with Gasteiger partial charge in [-0.25, -0.2) is 4.98 Å². The van der Waals surface area contributed by atoms with Gasteiger partial charge in [0.1, 0.15) is 0 Å². The van der Waals surface area contributed by atoms with E-state index in [9.17, 15) is 0 Å². The molecule has 1 aromatic heterocycles. The summed E-state index contributed by atoms with van der Waals surface area (Å²) in [6.45, 7) is 3.01. The van der Waals surface area contributed by atoms with E-state index in [-0.39, 0.29) is 0 Å². The van der Waals surface area contributed by atoms with E-state index in [1.165, 1.54) is 16.1 Å². The van der Waals surface area contributed by atoms with Crippen molar-refractivity contribution in [3.8, 4) is 0 Å². The summed E-state index contributed by atoms with van der Waals surface area (Å²) in [7, 11) is 0. The lowest BCUT2D eigenvalue weighted by Gasteiger charge is -2.25. The third-order valence-corrected chi connectivity index (χ3v) is 4.53. The molecule has 0 radical (unpaired) electrons. The van der Waals surface area contributed by atoms with Crippen molar-refractivity contribution >= 4 is 32.4 Å². The fraction of sp³-hybridized carbons (Fsp3) is 0.308. The Kier molecular flexibility index (Phi) is 3.37. The van der Waals surface area contributed by atoms with E-state index in [1.54, 1.807) is 11.3 Å². The van der Waals surface area contributed by atoms with Crippen molar-refractivity contribution in [1.29, 1.82) is 0 Å². The van der Waals surface area contributed by atoms with Crippen LogP contribution in [0.3, 0.4) is 0 Å². The number of nitrogen functional groups attached to an aromatic ring is 1. The molecule has 2 aromatic rings. The molecule has 0 amide bonds. The number of hydrogen-bond acceptors (Lipinski definition) is 4. The van der Waals surface area contributed by atoms with Crippen LogP contribution in [0.25, 0.3) is 0 Å². The molecule has 94 valence electrons. The summed E-state index contributed by atoms with van der Waals surface area (Å²) < 4.78 is 1.14. The minimum atomic E-state index is 0.698. The first kappa shape index (κ1) is 12.1. The van der Waals surface area contributed by atoms with E-state index < -0.39 is 0 Å². The van der Waals surface area contributed by atoms with Crippen LogP contribution in [0.2, 0.25) is 0 Å². The highest BCUT2D eigenvalue weighted by atomic mass is 79.9. The molecule has 0 fully saturated rings. The van der Waals surface area contributed by atoms with Crippen LogP contribution in [0, 0.1) is 0 Å². The fourth-order valence-corrected chi connectivity index (χ4v) is 3.66. The first-order chi connectivity index (χ1) is 8.70. The summed E-state index contributed by atoms with van der Waals surface area (Å²) in [5.74, 6) is 0. The summed E-state index contributed by atoms with van der Waals surface area (Å²) in [4.78, 5) is 8.14. The molecule has 0 spiro atoms. The van der Waals surface area contributed by atoms with Gasteiger partial charge < -0.3 is 5.73 Å². The largest absolute Gasteiger partial charge is 0.375 e. The fourth-order valence-electron chi connectivity index (χ4n) is 2.30. The molecule has 18 heavy (non-hydrogen) atoms. The van der Waals surface area contributed by atoms with Crippen LogP contribution in [0.15, 0.2) is 28.7 Å². The highest BCUT2D eigenvalue weighted by Crippen LogP contribution is 2.27. The Bertz CT molecular complexity index is 567. The Labute approximate surface area is 119 Å². The minimum absolute atomic E-state index is 0.698. The molecule has 3 nitrogen and oxygen atoms in total. The third kappa shape index (κ3) is 2.58. The number of hydrogen-bond donors (Lipinski definition) is 1. The number of rotatable bonds is 2. The zero-order valence-corrected chi connectivity index (χ0v) is 12.3. The van der Waals surface area contributed by atoms with Crippen molar-refractivity contribution in [2.75, 3.05) is 12.3 Å². The molecule has 0 saturated heterocycles. The Hall–Kier alpha value is -0.910. The second kappa shape index (κ2) is 4.99. The topological polar surface area (TPSA) is 42.1 Å². The molecule has 2 heterocycles. The molecule has 0 bridgehead atoms. The van der Waals surface area contributed by atoms with Gasteiger partial charge in [-0.2, -0.15) is 0 Å². The highest BCUT2D eigenvalue weighted by molar-refractivity contribution is 9.10. The van der Waals surface area contributed by atoms with Gasteiger partial charge in [0.15, 0.2) is 5.13 Å². The van der Waals surface area contributed by atoms with Crippen molar-refractivity contribution in [2.24, 2.45) is 0 Å². The maximum absolute atomic E-state index is 5.76. The lowest BCUT2D eigenvalue weighted by atomic mass is 10.1. The van der Waals surface area contributed by atoms with Crippen molar-refractivity contribution in [3.05, 3.63) is 44.9 Å². The second-order valence-electron chi connectivity index (χ2n) is 4.51. The minimum Gasteiger partial charge on any atom is -0.375 e. The molecular weight excluding hydrogens is 310 g/mol. The van der Waals surface area contributed by atoms with Crippen molar-refractivity contribution in [1.82, 2.24) is 9.88 Å². The predicted octanol–water partition coefficient (Wildman–Crippen LogP) is 3.05. The van der Waals surface area contributed by atoms with Crippen LogP contribution >= 0.6 is 27.3 Å². The Morgan fingerprint density at radius 3 is 3.17 bits per heavy atom. The van der Waals surface area contributed by atoms with Crippen LogP contribution in [-0.4, -0.2) is 16.4 Å². The van der Waals surface area contributed by atoms with Gasteiger partial charge in [-0.3, -0.25) is 4.90 Å². The standard InChI is InChI=1S/C13H14BrN3S/c14-10-3-1-2-9(6-10)7-17-5-4-11-12(8-17)18-13(15)16-11/h1-3,6H,4-5,7-8H2,(H2,15,16). The van der Waals surface area contributed by atoms with Gasteiger partial charge in [-0.15, -0.1) is 11.3 Å². The summed E-state index contributed by atoms with van der Waals surface area (Å²) in [6.07, 6.45) is 1.01. The van der Waals surface area contributed by atoms with Crippen LogP contribution < -0.4 is 5.73 Å². The smallest absolute Gasteiger partial charge is 0.180 e. The monoisotopic (exact) mass is 323 g/mol. The normalized spacial score (nSPS) is 15.6. The number of halogens is 1. The number of anilines is 1. The van der Waals surface area contributed by atoms with E-state index in [2.05, 4.69) is 50.1 Å². The van der Waals surface area contributed by atoms with Crippen molar-refractivity contribution in [2.45, 2.75) is 19.5 Å². The maximum atomic E-state index is 5.76. The number of nitrogens with two attached hydrogens (primary N) is 1. The van der Waals surface area contributed by atoms with Gasteiger partial charge >= 0.3 is 0 Å². The van der Waals surface area contributed by atoms with Gasteiger partial charge in [-0.05, 0) is 17.7 Å². The van der Waals surface area contributed by atoms with Gasteiger partial charge in [-0.1, -0.05) is 28.1 Å². The molecule has 2 N–H and O–H groups in total. The quantitative estimate of drug-likeness (QED) is 0.923. The van der Waals surface area contributed by atoms with E-state index in [1.807, 2.05) is 0 Å². The summed E-state index contributed by atoms with van der Waals surface area (Å²) in [5, 5.41) is 0.698. The number of thiazole rings is 1. The Morgan fingerprint density at radius 2 is 2.33 bits per heavy atom. The molecular formula is C13H14BrN3S. The van der Waals surface area contributed by atoms with Crippen molar-refractivity contribution < 1.29 is 0 Å². The molecule has 0 aliphatic carbocycles. The van der Waals surface area contributed by atoms with Crippen LogP contribution in [-0.2, 0) is 19.5 Å². The van der Waals surface area contributed by atoms with E-state index in [0.29, 0.717) is 5.13 Å². The Balaban J connectivity index is 1.73. The molecule has 0 atom stereocenters. The maximum Gasteiger partial charge on any atom is 0.180 e. The summed E-state index contributed by atoms with van der Waals surface area (Å²) >= 11 is 5.14. The van der Waals surface area contributed by atoms with Gasteiger partial charge in [0.2, 0.25) is 0 Å². The number of nitrogens with zero attached hydrogens (tertiary/aromatic N) is 2. The Morgan fingerprint density at radius 1 is 1.44 bits per heavy atom. The predicted molar refractivity (Wildman–Crippen MR) is 78.5 cm³/mol. The number of aromatic nitrogens is 1. The van der Waals surface area contributed by atoms with E-state index in [0.717, 1.165) is 30.5 Å². The third-order valence-electron chi connectivity index (χ3n) is 3.12. The lowest BCUT2D eigenvalue weighted by molar-refractivity contribution is 0.247. The van der Waals surface area contributed by atoms with Gasteiger partial charge in [0.25, 0.3) is 0 Å². The van der Waals surface area contributed by atoms with E-state index in [4.69, 9.17) is 5.73 Å². The molecule has 1 aliphatic heterocycles. The van der Waals surface area contributed by atoms with Crippen LogP contribution in [0.4, 0.5) is 5.13 Å². The number of fused-ring (bicyclic) bond motifs is 1. The van der Waals surface area contributed by atoms with Crippen molar-refractivity contribution in [3.63, 3.8) is 0 Å². The molecule has 1 aliphatic rings. The zero-order chi connectivity index (χ0) is 12.5. The average Bonchev–Trinajstić information content (AvgIpc) is 2.68. The number of benzene rings is 1. The first-order valence-corrected chi connectivity index (χ1v) is 7.52. The van der Waals surface area contributed by atoms with Crippen LogP contribution in [0.5, 0.6) is 0 Å². The molecule has 3 rings (SSSR count). The molecule has 0 unspecified atom stereocenters. The lowest BCUT2D eigenvalue weighted by Crippen LogP contribution is -2.29. The summed E-state index contributed by atoms with van der Waals surface area (Å²) in [5.41, 5.74) is 8.29. The molecule has 5 heteroatoms. The summed E-state index contributed by atoms with van der Waals surface area (Å²) in [6, 6.07) is 8.49. The molecule has 0 saturated carbocycles. The van der Waals surface area contributed by atoms with E-state index >= 15 is 0 Å². The second-order valence-corrected chi connectivity index (χ2v) is 6.54. The SMILES string of the molecule is Nc1nc2c(s1)CN(Cc1cccc(Br)c1)CC2. The van der Waals surface area contributed by atoms with Crippen LogP contribution in [0.1, 0.15) is 16.1 Å². The average molecular weight is 324 g/mol. The zero-order valence-electron chi connectivity index (χ0n) is 9.90. The highest BCUT2D eigenvalue weighted by Gasteiger charge is 2.19. The molecule has 1 aromatic carbocycles. The first-order valence-electron chi connectivity index (χ1n) is 5.91. The van der Waals surface area contributed by atoms with Gasteiger partial charge in [0, 0.05) is 35.4 Å².